The third-order valence-corrected chi connectivity index (χ3v) is 4.37. The van der Waals surface area contributed by atoms with E-state index in [4.69, 9.17) is 0 Å². The van der Waals surface area contributed by atoms with Crippen molar-refractivity contribution in [2.45, 2.75) is 13.0 Å². The van der Waals surface area contributed by atoms with Crippen LogP contribution >= 0.6 is 0 Å². The third kappa shape index (κ3) is 4.06. The van der Waals surface area contributed by atoms with Crippen LogP contribution in [0.4, 0.5) is 0 Å². The predicted molar refractivity (Wildman–Crippen MR) is 88.6 cm³/mol. The summed E-state index contributed by atoms with van der Waals surface area (Å²) in [7, 11) is 2.21. The summed E-state index contributed by atoms with van der Waals surface area (Å²) in [6.07, 6.45) is 3.23. The molecule has 4 nitrogen and oxygen atoms in total. The molecular formula is C17H26N4. The molecule has 21 heavy (non-hydrogen) atoms. The Labute approximate surface area is 127 Å². The van der Waals surface area contributed by atoms with E-state index in [1.807, 2.05) is 6.20 Å². The van der Waals surface area contributed by atoms with Gasteiger partial charge in [-0.05, 0) is 49.6 Å². The Hall–Kier alpha value is -1.36. The zero-order valence-electron chi connectivity index (χ0n) is 12.9. The summed E-state index contributed by atoms with van der Waals surface area (Å²) in [5.41, 5.74) is 2.58. The Morgan fingerprint density at radius 1 is 1.14 bits per heavy atom. The molecule has 0 saturated carbocycles. The minimum Gasteiger partial charge on any atom is -0.361 e. The zero-order chi connectivity index (χ0) is 14.5. The fourth-order valence-electron chi connectivity index (χ4n) is 2.94. The Morgan fingerprint density at radius 3 is 2.86 bits per heavy atom. The molecule has 0 radical (unpaired) electrons. The average Bonchev–Trinajstić information content (AvgIpc) is 2.96. The molecule has 1 saturated heterocycles. The second-order valence-corrected chi connectivity index (χ2v) is 6.07. The molecule has 3 rings (SSSR count). The maximum absolute atomic E-state index is 3.56. The van der Waals surface area contributed by atoms with Gasteiger partial charge in [0.1, 0.15) is 0 Å². The number of nitrogens with one attached hydrogen (secondary N) is 2. The highest BCUT2D eigenvalue weighted by atomic mass is 15.2. The second-order valence-electron chi connectivity index (χ2n) is 6.07. The predicted octanol–water partition coefficient (Wildman–Crippen LogP) is 1.89. The quantitative estimate of drug-likeness (QED) is 0.796. The first-order chi connectivity index (χ1) is 10.3. The molecule has 1 aliphatic rings. The summed E-state index contributed by atoms with van der Waals surface area (Å²) in [4.78, 5) is 8.25. The third-order valence-electron chi connectivity index (χ3n) is 4.37. The van der Waals surface area contributed by atoms with E-state index in [0.717, 1.165) is 13.1 Å². The minimum absolute atomic E-state index is 0.956. The van der Waals surface area contributed by atoms with Crippen LogP contribution in [-0.2, 0) is 6.54 Å². The number of likely N-dealkylation sites (N-methyl/N-ethyl adjacent to an activating group) is 1. The lowest BCUT2D eigenvalue weighted by molar-refractivity contribution is 0.153. The van der Waals surface area contributed by atoms with E-state index in [2.05, 4.69) is 51.4 Å². The van der Waals surface area contributed by atoms with E-state index < -0.39 is 0 Å². The van der Waals surface area contributed by atoms with Gasteiger partial charge in [0.05, 0.1) is 0 Å². The SMILES string of the molecule is CN1CCN(CCCNCc2ccc3cc[nH]c3c2)CC1. The summed E-state index contributed by atoms with van der Waals surface area (Å²) >= 11 is 0. The summed E-state index contributed by atoms with van der Waals surface area (Å²) in [5, 5.41) is 4.84. The largest absolute Gasteiger partial charge is 0.361 e. The van der Waals surface area contributed by atoms with Gasteiger partial charge < -0.3 is 20.1 Å². The molecule has 114 valence electrons. The maximum atomic E-state index is 3.56. The molecule has 1 aromatic carbocycles. The highest BCUT2D eigenvalue weighted by molar-refractivity contribution is 5.79. The van der Waals surface area contributed by atoms with E-state index in [0.29, 0.717) is 0 Å². The van der Waals surface area contributed by atoms with Crippen LogP contribution in [0.3, 0.4) is 0 Å². The molecule has 0 spiro atoms. The molecule has 1 aliphatic heterocycles. The Bertz CT molecular complexity index is 555. The standard InChI is InChI=1S/C17H26N4/c1-20-9-11-21(12-10-20)8-2-6-18-14-15-3-4-16-5-7-19-17(16)13-15/h3-5,7,13,18-19H,2,6,8-12,14H2,1H3. The van der Waals surface area contributed by atoms with Gasteiger partial charge in [-0.15, -0.1) is 0 Å². The van der Waals surface area contributed by atoms with Gasteiger partial charge in [-0.1, -0.05) is 12.1 Å². The molecule has 0 unspecified atom stereocenters. The molecule has 0 amide bonds. The second kappa shape index (κ2) is 7.07. The van der Waals surface area contributed by atoms with Crippen LogP contribution in [-0.4, -0.2) is 61.1 Å². The molecule has 1 fully saturated rings. The van der Waals surface area contributed by atoms with Crippen LogP contribution in [0, 0.1) is 0 Å². The van der Waals surface area contributed by atoms with Crippen LogP contribution in [0.5, 0.6) is 0 Å². The van der Waals surface area contributed by atoms with Gasteiger partial charge in [-0.2, -0.15) is 0 Å². The van der Waals surface area contributed by atoms with Gasteiger partial charge in [0.25, 0.3) is 0 Å². The van der Waals surface area contributed by atoms with E-state index in [9.17, 15) is 0 Å². The Balaban J connectivity index is 1.34. The van der Waals surface area contributed by atoms with Crippen LogP contribution < -0.4 is 5.32 Å². The lowest BCUT2D eigenvalue weighted by Crippen LogP contribution is -2.45. The molecular weight excluding hydrogens is 260 g/mol. The van der Waals surface area contributed by atoms with E-state index in [1.54, 1.807) is 0 Å². The number of rotatable bonds is 6. The zero-order valence-corrected chi connectivity index (χ0v) is 12.9. The number of aromatic nitrogens is 1. The molecule has 0 aliphatic carbocycles. The van der Waals surface area contributed by atoms with Crippen molar-refractivity contribution in [2.75, 3.05) is 46.3 Å². The summed E-state index contributed by atoms with van der Waals surface area (Å²) in [5.74, 6) is 0. The highest BCUT2D eigenvalue weighted by Gasteiger charge is 2.12. The number of hydrogen-bond donors (Lipinski definition) is 2. The topological polar surface area (TPSA) is 34.3 Å². The van der Waals surface area contributed by atoms with E-state index >= 15 is 0 Å². The first-order valence-corrected chi connectivity index (χ1v) is 7.99. The van der Waals surface area contributed by atoms with Crippen LogP contribution in [0.2, 0.25) is 0 Å². The first kappa shape index (κ1) is 14.6. The van der Waals surface area contributed by atoms with Crippen LogP contribution in [0.1, 0.15) is 12.0 Å². The molecule has 0 atom stereocenters. The molecule has 2 heterocycles. The summed E-state index contributed by atoms with van der Waals surface area (Å²) in [6, 6.07) is 8.75. The van der Waals surface area contributed by atoms with E-state index in [-0.39, 0.29) is 0 Å². The number of fused-ring (bicyclic) bond motifs is 1. The van der Waals surface area contributed by atoms with Crippen LogP contribution in [0.15, 0.2) is 30.5 Å². The van der Waals surface area contributed by atoms with Crippen molar-refractivity contribution in [3.8, 4) is 0 Å². The van der Waals surface area contributed by atoms with Gasteiger partial charge in [0.15, 0.2) is 0 Å². The fourth-order valence-corrected chi connectivity index (χ4v) is 2.94. The molecule has 4 heteroatoms. The fraction of sp³-hybridized carbons (Fsp3) is 0.529. The van der Waals surface area contributed by atoms with Crippen LogP contribution in [0.25, 0.3) is 10.9 Å². The monoisotopic (exact) mass is 286 g/mol. The smallest absolute Gasteiger partial charge is 0.0457 e. The number of hydrogen-bond acceptors (Lipinski definition) is 3. The number of piperazine rings is 1. The van der Waals surface area contributed by atoms with Crippen molar-refractivity contribution in [2.24, 2.45) is 0 Å². The Morgan fingerprint density at radius 2 is 2.00 bits per heavy atom. The van der Waals surface area contributed by atoms with Gasteiger partial charge in [0.2, 0.25) is 0 Å². The normalized spacial score (nSPS) is 17.6. The van der Waals surface area contributed by atoms with Crippen molar-refractivity contribution in [1.82, 2.24) is 20.1 Å². The molecule has 2 N–H and O–H groups in total. The van der Waals surface area contributed by atoms with Gasteiger partial charge in [-0.3, -0.25) is 0 Å². The van der Waals surface area contributed by atoms with Gasteiger partial charge >= 0.3 is 0 Å². The van der Waals surface area contributed by atoms with Crippen molar-refractivity contribution >= 4 is 10.9 Å². The average molecular weight is 286 g/mol. The van der Waals surface area contributed by atoms with E-state index in [1.165, 1.54) is 55.6 Å². The van der Waals surface area contributed by atoms with Gasteiger partial charge in [0, 0.05) is 44.4 Å². The Kier molecular flexibility index (Phi) is 4.91. The van der Waals surface area contributed by atoms with Crippen molar-refractivity contribution in [3.05, 3.63) is 36.0 Å². The summed E-state index contributed by atoms with van der Waals surface area (Å²) < 4.78 is 0. The number of H-pyrrole nitrogens is 1. The van der Waals surface area contributed by atoms with Crippen molar-refractivity contribution < 1.29 is 0 Å². The molecule has 2 aromatic rings. The number of benzene rings is 1. The minimum atomic E-state index is 0.956. The molecule has 0 bridgehead atoms. The van der Waals surface area contributed by atoms with Crippen molar-refractivity contribution in [1.29, 1.82) is 0 Å². The highest BCUT2D eigenvalue weighted by Crippen LogP contribution is 2.13. The first-order valence-electron chi connectivity index (χ1n) is 7.99. The lowest BCUT2D eigenvalue weighted by Gasteiger charge is -2.32. The number of nitrogens with zero attached hydrogens (tertiary/aromatic N) is 2. The summed E-state index contributed by atoms with van der Waals surface area (Å²) in [6.45, 7) is 8.14. The number of aromatic amines is 1. The maximum Gasteiger partial charge on any atom is 0.0457 e. The molecule has 1 aromatic heterocycles. The lowest BCUT2D eigenvalue weighted by atomic mass is 10.1. The van der Waals surface area contributed by atoms with Crippen molar-refractivity contribution in [3.63, 3.8) is 0 Å². The van der Waals surface area contributed by atoms with Gasteiger partial charge in [-0.25, -0.2) is 0 Å².